The molecule has 3 heterocycles. The topological polar surface area (TPSA) is 110 Å². The summed E-state index contributed by atoms with van der Waals surface area (Å²) in [6.07, 6.45) is 3.27. The smallest absolute Gasteiger partial charge is 0.261 e. The summed E-state index contributed by atoms with van der Waals surface area (Å²) < 4.78 is 6.92. The predicted octanol–water partition coefficient (Wildman–Crippen LogP) is 1.17. The monoisotopic (exact) mass is 350 g/mol. The molecule has 0 atom stereocenters. The van der Waals surface area contributed by atoms with Crippen molar-refractivity contribution in [2.45, 2.75) is 31.2 Å². The van der Waals surface area contributed by atoms with Crippen molar-refractivity contribution in [3.8, 4) is 6.07 Å². The minimum atomic E-state index is -0.710. The van der Waals surface area contributed by atoms with E-state index < -0.39 is 5.41 Å². The Kier molecular flexibility index (Phi) is 4.22. The van der Waals surface area contributed by atoms with Gasteiger partial charge in [0, 0.05) is 13.0 Å². The Hall–Kier alpha value is -3.05. The Bertz CT molecular complexity index is 1030. The van der Waals surface area contributed by atoms with Crippen molar-refractivity contribution in [1.29, 1.82) is 5.26 Å². The molecule has 2 aromatic heterocycles. The first-order valence-electron chi connectivity index (χ1n) is 8.61. The van der Waals surface area contributed by atoms with Crippen molar-refractivity contribution >= 4 is 10.9 Å². The van der Waals surface area contributed by atoms with Crippen LogP contribution in [0.4, 0.5) is 0 Å². The molecule has 1 aliphatic heterocycles. The predicted molar refractivity (Wildman–Crippen MR) is 93.4 cm³/mol. The molecule has 1 aromatic carbocycles. The maximum Gasteiger partial charge on any atom is 0.261 e. The fourth-order valence-electron chi connectivity index (χ4n) is 3.26. The van der Waals surface area contributed by atoms with Crippen LogP contribution in [0.2, 0.25) is 0 Å². The van der Waals surface area contributed by atoms with Gasteiger partial charge in [0.2, 0.25) is 5.89 Å². The molecular formula is C18H18N6O2. The normalized spacial score (nSPS) is 16.4. The molecule has 26 heavy (non-hydrogen) atoms. The average molecular weight is 350 g/mol. The fourth-order valence-corrected chi connectivity index (χ4v) is 3.26. The zero-order valence-corrected chi connectivity index (χ0v) is 14.2. The highest BCUT2D eigenvalue weighted by molar-refractivity contribution is 5.76. The van der Waals surface area contributed by atoms with Gasteiger partial charge >= 0.3 is 0 Å². The zero-order valence-electron chi connectivity index (χ0n) is 14.2. The van der Waals surface area contributed by atoms with Gasteiger partial charge in [0.15, 0.2) is 5.82 Å². The molecule has 3 aromatic rings. The largest absolute Gasteiger partial charge is 0.338 e. The van der Waals surface area contributed by atoms with Gasteiger partial charge in [0.05, 0.1) is 23.3 Å². The van der Waals surface area contributed by atoms with Crippen molar-refractivity contribution < 1.29 is 4.52 Å². The first kappa shape index (κ1) is 16.4. The van der Waals surface area contributed by atoms with E-state index in [-0.39, 0.29) is 5.56 Å². The second-order valence-electron chi connectivity index (χ2n) is 6.47. The average Bonchev–Trinajstić information content (AvgIpc) is 3.18. The Morgan fingerprint density at radius 3 is 2.92 bits per heavy atom. The van der Waals surface area contributed by atoms with Crippen molar-refractivity contribution in [1.82, 2.24) is 25.0 Å². The van der Waals surface area contributed by atoms with E-state index in [1.54, 1.807) is 10.6 Å². The molecule has 0 amide bonds. The van der Waals surface area contributed by atoms with E-state index in [2.05, 4.69) is 26.5 Å². The number of hydrogen-bond acceptors (Lipinski definition) is 7. The van der Waals surface area contributed by atoms with Gasteiger partial charge in [-0.05, 0) is 38.1 Å². The number of nitrogens with zero attached hydrogens (tertiary/aromatic N) is 5. The summed E-state index contributed by atoms with van der Waals surface area (Å²) in [7, 11) is 0. The van der Waals surface area contributed by atoms with Gasteiger partial charge in [-0.15, -0.1) is 0 Å². The second kappa shape index (κ2) is 6.69. The molecule has 0 radical (unpaired) electrons. The summed E-state index contributed by atoms with van der Waals surface area (Å²) in [5.74, 6) is 0.869. The number of nitriles is 1. The number of benzene rings is 1. The fraction of sp³-hybridized carbons (Fsp3) is 0.389. The number of aromatic nitrogens is 4. The van der Waals surface area contributed by atoms with Crippen LogP contribution in [0.15, 0.2) is 39.9 Å². The minimum Gasteiger partial charge on any atom is -0.338 e. The van der Waals surface area contributed by atoms with Crippen molar-refractivity contribution in [3.63, 3.8) is 0 Å². The standard InChI is InChI=1S/C18H18N6O2/c19-11-18(6-8-20-9-7-18)17-22-15(23-26-17)5-10-24-12-21-14-4-2-1-3-13(14)16(24)25/h1-4,12,20H,5-10H2. The van der Waals surface area contributed by atoms with Crippen LogP contribution < -0.4 is 10.9 Å². The lowest BCUT2D eigenvalue weighted by Crippen LogP contribution is -2.39. The number of hydrogen-bond donors (Lipinski definition) is 1. The SMILES string of the molecule is N#CC1(c2nc(CCn3cnc4ccccc4c3=O)no2)CCNCC1. The molecule has 0 unspecified atom stereocenters. The van der Waals surface area contributed by atoms with E-state index in [4.69, 9.17) is 4.52 Å². The summed E-state index contributed by atoms with van der Waals surface area (Å²) in [6, 6.07) is 9.60. The van der Waals surface area contributed by atoms with E-state index in [1.165, 1.54) is 6.33 Å². The maximum absolute atomic E-state index is 12.5. The van der Waals surface area contributed by atoms with E-state index in [9.17, 15) is 10.1 Å². The molecule has 0 spiro atoms. The van der Waals surface area contributed by atoms with Crippen LogP contribution in [-0.4, -0.2) is 32.8 Å². The first-order chi connectivity index (χ1) is 12.7. The molecule has 4 rings (SSSR count). The summed E-state index contributed by atoms with van der Waals surface area (Å²) in [4.78, 5) is 21.2. The highest BCUT2D eigenvalue weighted by Gasteiger charge is 2.39. The molecule has 8 nitrogen and oxygen atoms in total. The van der Waals surface area contributed by atoms with Crippen LogP contribution >= 0.6 is 0 Å². The third-order valence-corrected chi connectivity index (χ3v) is 4.86. The summed E-state index contributed by atoms with van der Waals surface area (Å²) in [5, 5.41) is 17.4. The highest BCUT2D eigenvalue weighted by Crippen LogP contribution is 2.31. The van der Waals surface area contributed by atoms with Crippen LogP contribution in [0.1, 0.15) is 24.6 Å². The van der Waals surface area contributed by atoms with Gasteiger partial charge in [-0.25, -0.2) is 4.98 Å². The number of aryl methyl sites for hydroxylation is 2. The molecule has 0 saturated carbocycles. The van der Waals surface area contributed by atoms with Crippen molar-refractivity contribution in [2.24, 2.45) is 0 Å². The van der Waals surface area contributed by atoms with Gasteiger partial charge in [-0.2, -0.15) is 10.2 Å². The van der Waals surface area contributed by atoms with E-state index in [0.717, 1.165) is 13.1 Å². The van der Waals surface area contributed by atoms with Gasteiger partial charge in [-0.3, -0.25) is 9.36 Å². The number of rotatable bonds is 4. The van der Waals surface area contributed by atoms with Crippen LogP contribution in [0, 0.1) is 11.3 Å². The Labute approximate surface area is 149 Å². The maximum atomic E-state index is 12.5. The lowest BCUT2D eigenvalue weighted by Gasteiger charge is -2.27. The molecule has 1 saturated heterocycles. The quantitative estimate of drug-likeness (QED) is 0.752. The number of nitrogens with one attached hydrogen (secondary N) is 1. The molecule has 1 fully saturated rings. The lowest BCUT2D eigenvalue weighted by atomic mass is 9.80. The molecule has 1 aliphatic rings. The van der Waals surface area contributed by atoms with E-state index >= 15 is 0 Å². The molecule has 8 heteroatoms. The van der Waals surface area contributed by atoms with Gasteiger partial charge in [0.25, 0.3) is 5.56 Å². The molecule has 1 N–H and O–H groups in total. The zero-order chi connectivity index (χ0) is 18.0. The third-order valence-electron chi connectivity index (χ3n) is 4.86. The molecule has 0 bridgehead atoms. The van der Waals surface area contributed by atoms with Crippen LogP contribution in [0.25, 0.3) is 10.9 Å². The Morgan fingerprint density at radius 1 is 1.31 bits per heavy atom. The van der Waals surface area contributed by atoms with Gasteiger partial charge in [-0.1, -0.05) is 17.3 Å². The molecule has 0 aliphatic carbocycles. The second-order valence-corrected chi connectivity index (χ2v) is 6.47. The number of para-hydroxylation sites is 1. The lowest BCUT2D eigenvalue weighted by molar-refractivity contribution is 0.272. The summed E-state index contributed by atoms with van der Waals surface area (Å²) >= 11 is 0. The summed E-state index contributed by atoms with van der Waals surface area (Å²) in [5.41, 5.74) is -0.124. The Morgan fingerprint density at radius 2 is 2.12 bits per heavy atom. The van der Waals surface area contributed by atoms with Crippen LogP contribution in [-0.2, 0) is 18.4 Å². The molecule has 132 valence electrons. The first-order valence-corrected chi connectivity index (χ1v) is 8.61. The number of fused-ring (bicyclic) bond motifs is 1. The van der Waals surface area contributed by atoms with E-state index in [0.29, 0.717) is 48.4 Å². The minimum absolute atomic E-state index is 0.0915. The number of piperidine rings is 1. The third kappa shape index (κ3) is 2.86. The van der Waals surface area contributed by atoms with Crippen LogP contribution in [0.3, 0.4) is 0 Å². The van der Waals surface area contributed by atoms with Crippen molar-refractivity contribution in [3.05, 3.63) is 52.7 Å². The molecular weight excluding hydrogens is 332 g/mol. The van der Waals surface area contributed by atoms with Gasteiger partial charge < -0.3 is 9.84 Å². The van der Waals surface area contributed by atoms with Crippen LogP contribution in [0.5, 0.6) is 0 Å². The van der Waals surface area contributed by atoms with Crippen molar-refractivity contribution in [2.75, 3.05) is 13.1 Å². The van der Waals surface area contributed by atoms with Gasteiger partial charge in [0.1, 0.15) is 5.41 Å². The highest BCUT2D eigenvalue weighted by atomic mass is 16.5. The summed E-state index contributed by atoms with van der Waals surface area (Å²) in [6.45, 7) is 1.91. The Balaban J connectivity index is 1.53. The van der Waals surface area contributed by atoms with E-state index in [1.807, 2.05) is 18.2 Å².